The zero-order valence-electron chi connectivity index (χ0n) is 12.2. The Morgan fingerprint density at radius 2 is 1.95 bits per heavy atom. The molecule has 0 heterocycles. The van der Waals surface area contributed by atoms with Crippen molar-refractivity contribution in [2.45, 2.75) is 51.6 Å². The third-order valence-electron chi connectivity index (χ3n) is 4.22. The van der Waals surface area contributed by atoms with Gasteiger partial charge < -0.3 is 10.1 Å². The largest absolute Gasteiger partial charge is 0.494 e. The minimum atomic E-state index is 0.674. The lowest BCUT2D eigenvalue weighted by Crippen LogP contribution is -2.33. The Bertz CT molecular complexity index is 427. The van der Waals surface area contributed by atoms with E-state index < -0.39 is 0 Å². The van der Waals surface area contributed by atoms with Crippen molar-refractivity contribution < 1.29 is 4.74 Å². The summed E-state index contributed by atoms with van der Waals surface area (Å²) in [5.74, 6) is 1.77. The van der Waals surface area contributed by atoms with Crippen LogP contribution in [0.4, 0.5) is 0 Å². The van der Waals surface area contributed by atoms with E-state index in [1.54, 1.807) is 7.11 Å². The van der Waals surface area contributed by atoms with Crippen LogP contribution in [0.2, 0.25) is 0 Å². The first-order chi connectivity index (χ1) is 9.63. The van der Waals surface area contributed by atoms with Crippen molar-refractivity contribution in [3.8, 4) is 5.75 Å². The lowest BCUT2D eigenvalue weighted by molar-refractivity contribution is 0.278. The van der Waals surface area contributed by atoms with Gasteiger partial charge in [0.15, 0.2) is 0 Å². The first kappa shape index (κ1) is 16.3. The Hall–Kier alpha value is -0.0600. The van der Waals surface area contributed by atoms with Crippen LogP contribution in [-0.4, -0.2) is 13.2 Å². The Labute approximate surface area is 138 Å². The number of benzene rings is 1. The van der Waals surface area contributed by atoms with Crippen LogP contribution >= 0.6 is 31.9 Å². The SMILES string of the molecule is CCC1CCCC(NCc2cc(Br)c(OC)c(Br)c2)C1. The fourth-order valence-corrected chi connectivity index (χ4v) is 4.62. The minimum Gasteiger partial charge on any atom is -0.494 e. The number of hydrogen-bond donors (Lipinski definition) is 1. The predicted molar refractivity (Wildman–Crippen MR) is 91.3 cm³/mol. The van der Waals surface area contributed by atoms with Crippen LogP contribution in [0.1, 0.15) is 44.6 Å². The van der Waals surface area contributed by atoms with Gasteiger partial charge in [0, 0.05) is 12.6 Å². The molecule has 0 bridgehead atoms. The monoisotopic (exact) mass is 403 g/mol. The number of rotatable bonds is 5. The topological polar surface area (TPSA) is 21.3 Å². The summed E-state index contributed by atoms with van der Waals surface area (Å²) in [5.41, 5.74) is 1.28. The third-order valence-corrected chi connectivity index (χ3v) is 5.40. The Kier molecular flexibility index (Phi) is 6.37. The summed E-state index contributed by atoms with van der Waals surface area (Å²) in [6, 6.07) is 4.95. The molecule has 4 heteroatoms. The number of methoxy groups -OCH3 is 1. The molecule has 0 aliphatic heterocycles. The first-order valence-corrected chi connectivity index (χ1v) is 8.98. The molecule has 2 unspecified atom stereocenters. The van der Waals surface area contributed by atoms with E-state index in [9.17, 15) is 0 Å². The maximum atomic E-state index is 5.34. The second-order valence-electron chi connectivity index (χ2n) is 5.61. The van der Waals surface area contributed by atoms with Gasteiger partial charge in [0.25, 0.3) is 0 Å². The molecular formula is C16H23Br2NO. The highest BCUT2D eigenvalue weighted by Crippen LogP contribution is 2.34. The van der Waals surface area contributed by atoms with Gasteiger partial charge in [0.2, 0.25) is 0 Å². The summed E-state index contributed by atoms with van der Waals surface area (Å²) in [4.78, 5) is 0. The number of nitrogens with one attached hydrogen (secondary N) is 1. The molecule has 2 nitrogen and oxygen atoms in total. The molecular weight excluding hydrogens is 382 g/mol. The van der Waals surface area contributed by atoms with E-state index in [-0.39, 0.29) is 0 Å². The molecule has 1 saturated carbocycles. The molecule has 2 rings (SSSR count). The maximum absolute atomic E-state index is 5.34. The van der Waals surface area contributed by atoms with Gasteiger partial charge >= 0.3 is 0 Å². The van der Waals surface area contributed by atoms with E-state index in [0.717, 1.165) is 27.2 Å². The lowest BCUT2D eigenvalue weighted by Gasteiger charge is -2.29. The average Bonchev–Trinajstić information content (AvgIpc) is 2.45. The molecule has 20 heavy (non-hydrogen) atoms. The highest BCUT2D eigenvalue weighted by Gasteiger charge is 2.20. The average molecular weight is 405 g/mol. The van der Waals surface area contributed by atoms with E-state index in [0.29, 0.717) is 6.04 Å². The maximum Gasteiger partial charge on any atom is 0.147 e. The van der Waals surface area contributed by atoms with E-state index in [1.165, 1.54) is 37.7 Å². The smallest absolute Gasteiger partial charge is 0.147 e. The molecule has 1 N–H and O–H groups in total. The van der Waals surface area contributed by atoms with Crippen molar-refractivity contribution in [3.63, 3.8) is 0 Å². The van der Waals surface area contributed by atoms with Gasteiger partial charge in [0.1, 0.15) is 5.75 Å². The van der Waals surface area contributed by atoms with Crippen LogP contribution in [0.3, 0.4) is 0 Å². The van der Waals surface area contributed by atoms with Gasteiger partial charge in [-0.3, -0.25) is 0 Å². The summed E-state index contributed by atoms with van der Waals surface area (Å²) in [6.45, 7) is 3.23. The first-order valence-electron chi connectivity index (χ1n) is 7.39. The van der Waals surface area contributed by atoms with Gasteiger partial charge in [-0.25, -0.2) is 0 Å². The Morgan fingerprint density at radius 1 is 1.25 bits per heavy atom. The van der Waals surface area contributed by atoms with Gasteiger partial charge in [-0.15, -0.1) is 0 Å². The Balaban J connectivity index is 1.94. The van der Waals surface area contributed by atoms with E-state index in [1.807, 2.05) is 0 Å². The van der Waals surface area contributed by atoms with Crippen molar-refractivity contribution in [2.24, 2.45) is 5.92 Å². The summed E-state index contributed by atoms with van der Waals surface area (Å²) in [6.07, 6.45) is 6.74. The second-order valence-corrected chi connectivity index (χ2v) is 7.32. The quantitative estimate of drug-likeness (QED) is 0.720. The van der Waals surface area contributed by atoms with Gasteiger partial charge in [-0.1, -0.05) is 26.2 Å². The van der Waals surface area contributed by atoms with Crippen molar-refractivity contribution >= 4 is 31.9 Å². The lowest BCUT2D eigenvalue weighted by atomic mass is 9.84. The van der Waals surface area contributed by atoms with Crippen molar-refractivity contribution in [1.29, 1.82) is 0 Å². The summed E-state index contributed by atoms with van der Waals surface area (Å²) < 4.78 is 7.34. The molecule has 1 aliphatic carbocycles. The fraction of sp³-hybridized carbons (Fsp3) is 0.625. The Morgan fingerprint density at radius 3 is 2.55 bits per heavy atom. The predicted octanol–water partition coefficient (Wildman–Crippen LogP) is 5.28. The number of halogens is 2. The molecule has 0 spiro atoms. The number of ether oxygens (including phenoxy) is 1. The normalized spacial score (nSPS) is 22.8. The molecule has 1 aliphatic rings. The summed E-state index contributed by atoms with van der Waals surface area (Å²) in [7, 11) is 1.69. The molecule has 2 atom stereocenters. The molecule has 1 aromatic rings. The second kappa shape index (κ2) is 7.81. The van der Waals surface area contributed by atoms with Crippen molar-refractivity contribution in [2.75, 3.05) is 7.11 Å². The van der Waals surface area contributed by atoms with Crippen LogP contribution in [0.5, 0.6) is 5.75 Å². The standard InChI is InChI=1S/C16H23Br2NO/c1-3-11-5-4-6-13(7-11)19-10-12-8-14(17)16(20-2)15(18)9-12/h8-9,11,13,19H,3-7,10H2,1-2H3. The highest BCUT2D eigenvalue weighted by atomic mass is 79.9. The molecule has 0 radical (unpaired) electrons. The van der Waals surface area contributed by atoms with Crippen LogP contribution in [0, 0.1) is 5.92 Å². The molecule has 0 aromatic heterocycles. The van der Waals surface area contributed by atoms with Gasteiger partial charge in [0.05, 0.1) is 16.1 Å². The van der Waals surface area contributed by atoms with E-state index in [4.69, 9.17) is 4.74 Å². The number of hydrogen-bond acceptors (Lipinski definition) is 2. The van der Waals surface area contributed by atoms with Crippen LogP contribution in [0.15, 0.2) is 21.1 Å². The molecule has 0 amide bonds. The zero-order chi connectivity index (χ0) is 14.5. The van der Waals surface area contributed by atoms with Crippen molar-refractivity contribution in [1.82, 2.24) is 5.32 Å². The van der Waals surface area contributed by atoms with Crippen LogP contribution in [-0.2, 0) is 6.54 Å². The van der Waals surface area contributed by atoms with Crippen LogP contribution < -0.4 is 10.1 Å². The molecule has 0 saturated heterocycles. The molecule has 1 aromatic carbocycles. The summed E-state index contributed by atoms with van der Waals surface area (Å²) >= 11 is 7.12. The fourth-order valence-electron chi connectivity index (χ4n) is 3.02. The van der Waals surface area contributed by atoms with Gasteiger partial charge in [-0.05, 0) is 68.3 Å². The minimum absolute atomic E-state index is 0.674. The van der Waals surface area contributed by atoms with E-state index in [2.05, 4.69) is 56.2 Å². The molecule has 112 valence electrons. The summed E-state index contributed by atoms with van der Waals surface area (Å²) in [5, 5.41) is 3.71. The molecule has 1 fully saturated rings. The van der Waals surface area contributed by atoms with Crippen LogP contribution in [0.25, 0.3) is 0 Å². The zero-order valence-corrected chi connectivity index (χ0v) is 15.4. The highest BCUT2D eigenvalue weighted by molar-refractivity contribution is 9.11. The van der Waals surface area contributed by atoms with Crippen molar-refractivity contribution in [3.05, 3.63) is 26.6 Å². The third kappa shape index (κ3) is 4.22. The van der Waals surface area contributed by atoms with Gasteiger partial charge in [-0.2, -0.15) is 0 Å². The van der Waals surface area contributed by atoms with E-state index >= 15 is 0 Å².